The van der Waals surface area contributed by atoms with Crippen molar-refractivity contribution in [3.63, 3.8) is 0 Å². The maximum atomic E-state index is 13.9. The summed E-state index contributed by atoms with van der Waals surface area (Å²) >= 11 is 6.18. The molecule has 0 radical (unpaired) electrons. The third-order valence-corrected chi connectivity index (χ3v) is 7.58. The molecule has 1 atom stereocenters. The van der Waals surface area contributed by atoms with E-state index in [0.717, 1.165) is 31.5 Å². The lowest BCUT2D eigenvalue weighted by Gasteiger charge is -2.38. The van der Waals surface area contributed by atoms with Crippen LogP contribution in [0.4, 0.5) is 24.5 Å². The van der Waals surface area contributed by atoms with Gasteiger partial charge in [-0.1, -0.05) is 29.8 Å². The summed E-state index contributed by atoms with van der Waals surface area (Å²) in [5.41, 5.74) is 2.40. The van der Waals surface area contributed by atoms with Crippen LogP contribution in [0.2, 0.25) is 5.02 Å². The predicted octanol–water partition coefficient (Wildman–Crippen LogP) is 2.44. The molecule has 13 heteroatoms. The Morgan fingerprint density at radius 1 is 1.12 bits per heavy atom. The molecule has 1 amide bonds. The van der Waals surface area contributed by atoms with Gasteiger partial charge in [0.25, 0.3) is 5.91 Å². The number of benzene rings is 2. The number of quaternary nitrogens is 1. The van der Waals surface area contributed by atoms with E-state index in [-0.39, 0.29) is 34.0 Å². The van der Waals surface area contributed by atoms with E-state index in [0.29, 0.717) is 22.9 Å². The van der Waals surface area contributed by atoms with Gasteiger partial charge in [0.2, 0.25) is 0 Å². The van der Waals surface area contributed by atoms with Crippen molar-refractivity contribution < 1.29 is 47.5 Å². The monoisotopic (exact) mass is 593 g/mol. The molecule has 3 aliphatic rings. The number of aromatic carboxylic acids is 1. The van der Waals surface area contributed by atoms with Crippen molar-refractivity contribution in [1.29, 1.82) is 0 Å². The van der Waals surface area contributed by atoms with Gasteiger partial charge in [0.1, 0.15) is 12.0 Å². The number of likely N-dealkylation sites (tertiary alicyclic amines) is 1. The van der Waals surface area contributed by atoms with E-state index in [1.165, 1.54) is 23.1 Å². The Kier molecular flexibility index (Phi) is 8.46. The number of hydrogen-bond donors (Lipinski definition) is 3. The SMILES string of the molecule is CC(C)[NH+]1CCC(Nc2ccc3c4c2C(=O)N(c2cc(Cl)cc(C(=O)O)c2)C(C=C3)C4=O)CC1.O=C([O-])C(F)(F)F. The fourth-order valence-electron chi connectivity index (χ4n) is 5.29. The molecule has 9 nitrogen and oxygen atoms in total. The number of halogens is 4. The minimum Gasteiger partial charge on any atom is -0.542 e. The largest absolute Gasteiger partial charge is 0.542 e. The number of carbonyl (C=O) groups is 4. The molecule has 1 fully saturated rings. The van der Waals surface area contributed by atoms with E-state index >= 15 is 0 Å². The van der Waals surface area contributed by atoms with Crippen molar-refractivity contribution in [2.45, 2.75) is 51.0 Å². The second-order valence-corrected chi connectivity index (χ2v) is 10.8. The van der Waals surface area contributed by atoms with E-state index in [1.807, 2.05) is 18.2 Å². The van der Waals surface area contributed by atoms with Gasteiger partial charge in [0.05, 0.1) is 30.3 Å². The number of fused-ring (bicyclic) bond motifs is 1. The Labute approximate surface area is 238 Å². The molecule has 3 N–H and O–H groups in total. The number of nitrogens with one attached hydrogen (secondary N) is 2. The number of rotatable bonds is 5. The van der Waals surface area contributed by atoms with Crippen LogP contribution in [0, 0.1) is 0 Å². The minimum absolute atomic E-state index is 0.0418. The number of anilines is 2. The van der Waals surface area contributed by atoms with Crippen molar-refractivity contribution in [2.24, 2.45) is 0 Å². The second kappa shape index (κ2) is 11.5. The van der Waals surface area contributed by atoms with E-state index in [2.05, 4.69) is 19.2 Å². The van der Waals surface area contributed by atoms with E-state index in [9.17, 15) is 32.7 Å². The van der Waals surface area contributed by atoms with Crippen LogP contribution in [0.1, 0.15) is 63.3 Å². The Balaban J connectivity index is 0.000000493. The maximum absolute atomic E-state index is 13.9. The Morgan fingerprint density at radius 2 is 1.76 bits per heavy atom. The van der Waals surface area contributed by atoms with Crippen molar-refractivity contribution in [3.05, 3.63) is 63.7 Å². The van der Waals surface area contributed by atoms with Gasteiger partial charge in [-0.05, 0) is 43.7 Å². The first-order valence-corrected chi connectivity index (χ1v) is 13.2. The van der Waals surface area contributed by atoms with Crippen molar-refractivity contribution >= 4 is 52.7 Å². The highest BCUT2D eigenvalue weighted by atomic mass is 35.5. The molecule has 218 valence electrons. The lowest BCUT2D eigenvalue weighted by atomic mass is 9.82. The summed E-state index contributed by atoms with van der Waals surface area (Å²) in [5, 5.41) is 22.0. The fourth-order valence-corrected chi connectivity index (χ4v) is 5.52. The minimum atomic E-state index is -5.19. The van der Waals surface area contributed by atoms with Crippen LogP contribution in [-0.2, 0) is 4.79 Å². The van der Waals surface area contributed by atoms with Crippen LogP contribution in [0.15, 0.2) is 36.4 Å². The first-order valence-electron chi connectivity index (χ1n) is 12.8. The van der Waals surface area contributed by atoms with Crippen LogP contribution in [-0.4, -0.2) is 66.1 Å². The highest BCUT2D eigenvalue weighted by Crippen LogP contribution is 2.39. The molecule has 41 heavy (non-hydrogen) atoms. The molecule has 1 saturated heterocycles. The number of ketones is 1. The molecule has 2 heterocycles. The predicted molar refractivity (Wildman–Crippen MR) is 142 cm³/mol. The third kappa shape index (κ3) is 6.23. The van der Waals surface area contributed by atoms with Gasteiger partial charge in [0, 0.05) is 40.8 Å². The van der Waals surface area contributed by atoms with E-state index in [1.54, 1.807) is 11.0 Å². The fraction of sp³-hybridized carbons (Fsp3) is 0.357. The molecule has 2 bridgehead atoms. The van der Waals surface area contributed by atoms with Gasteiger partial charge in [0.15, 0.2) is 5.78 Å². The van der Waals surface area contributed by atoms with Gasteiger partial charge in [-0.25, -0.2) is 4.79 Å². The Bertz CT molecular complexity index is 1430. The van der Waals surface area contributed by atoms with E-state index < -0.39 is 24.2 Å². The summed E-state index contributed by atoms with van der Waals surface area (Å²) in [6.45, 7) is 6.57. The Hall–Kier alpha value is -3.90. The molecule has 0 spiro atoms. The van der Waals surface area contributed by atoms with Crippen LogP contribution >= 0.6 is 11.6 Å². The molecular formula is C28H27ClF3N3O6. The van der Waals surface area contributed by atoms with Crippen LogP contribution in [0.3, 0.4) is 0 Å². The lowest BCUT2D eigenvalue weighted by Crippen LogP contribution is -3.16. The van der Waals surface area contributed by atoms with Gasteiger partial charge in [-0.3, -0.25) is 14.5 Å². The smallest absolute Gasteiger partial charge is 0.430 e. The molecule has 1 aliphatic carbocycles. The standard InChI is InChI=1S/C26H26ClN3O4.C2HF3O2/c1-14(2)29-9-7-18(8-10-29)28-20-5-3-15-4-6-21-24(31)22(15)23(20)25(32)30(21)19-12-16(26(33)34)11-17(27)13-19;3-2(4,5)1(6)7/h3-6,11-14,18,21,28H,7-10H2,1-2H3,(H,33,34);(H,6,7). The highest BCUT2D eigenvalue weighted by Gasteiger charge is 2.43. The quantitative estimate of drug-likeness (QED) is 0.485. The highest BCUT2D eigenvalue weighted by molar-refractivity contribution is 6.32. The van der Waals surface area contributed by atoms with Crippen LogP contribution < -0.4 is 20.2 Å². The number of carbonyl (C=O) groups excluding carboxylic acids is 3. The number of amides is 1. The average Bonchev–Trinajstić information content (AvgIpc) is 2.89. The van der Waals surface area contributed by atoms with Crippen molar-refractivity contribution in [1.82, 2.24) is 0 Å². The topological polar surface area (TPSA) is 131 Å². The summed E-state index contributed by atoms with van der Waals surface area (Å²) < 4.78 is 31.5. The van der Waals surface area contributed by atoms with Crippen LogP contribution in [0.25, 0.3) is 6.08 Å². The van der Waals surface area contributed by atoms with Gasteiger partial charge < -0.3 is 25.2 Å². The molecule has 2 aliphatic heterocycles. The summed E-state index contributed by atoms with van der Waals surface area (Å²) in [5.74, 6) is -4.67. The number of alkyl halides is 3. The van der Waals surface area contributed by atoms with Gasteiger partial charge in [-0.2, -0.15) is 13.2 Å². The first-order chi connectivity index (χ1) is 19.2. The van der Waals surface area contributed by atoms with Crippen LogP contribution in [0.5, 0.6) is 0 Å². The first kappa shape index (κ1) is 30.1. The number of carboxylic acids is 2. The average molecular weight is 594 g/mol. The van der Waals surface area contributed by atoms with Crippen molar-refractivity contribution in [3.8, 4) is 0 Å². The maximum Gasteiger partial charge on any atom is 0.430 e. The number of nitrogens with zero attached hydrogens (tertiary/aromatic N) is 1. The zero-order valence-electron chi connectivity index (χ0n) is 22.0. The molecule has 5 rings (SSSR count). The number of piperidine rings is 1. The Morgan fingerprint density at radius 3 is 2.32 bits per heavy atom. The molecule has 0 aromatic heterocycles. The zero-order valence-corrected chi connectivity index (χ0v) is 22.8. The van der Waals surface area contributed by atoms with Gasteiger partial charge in [-0.15, -0.1) is 0 Å². The molecule has 2 aromatic rings. The summed E-state index contributed by atoms with van der Waals surface area (Å²) in [7, 11) is 0. The number of hydrogen-bond acceptors (Lipinski definition) is 6. The molecular weight excluding hydrogens is 567 g/mol. The number of aliphatic carboxylic acids is 1. The van der Waals surface area contributed by atoms with Crippen molar-refractivity contribution in [2.75, 3.05) is 23.3 Å². The summed E-state index contributed by atoms with van der Waals surface area (Å²) in [6, 6.07) is 7.94. The molecule has 2 aromatic carbocycles. The van der Waals surface area contributed by atoms with E-state index in [4.69, 9.17) is 21.5 Å². The van der Waals surface area contributed by atoms with Gasteiger partial charge >= 0.3 is 12.1 Å². The number of Topliss-reactive ketones (excluding diaryl/α,β-unsaturated/α-hetero) is 1. The third-order valence-electron chi connectivity index (χ3n) is 7.36. The second-order valence-electron chi connectivity index (χ2n) is 10.3. The summed E-state index contributed by atoms with van der Waals surface area (Å²) in [4.78, 5) is 50.6. The molecule has 1 unspecified atom stereocenters. The molecule has 0 saturated carbocycles. The normalized spacial score (nSPS) is 21.3. The summed E-state index contributed by atoms with van der Waals surface area (Å²) in [6.07, 6.45) is 0.301. The number of carboxylic acid groups (broad SMARTS) is 2. The zero-order chi connectivity index (χ0) is 30.2. The lowest BCUT2D eigenvalue weighted by molar-refractivity contribution is -0.926.